The van der Waals surface area contributed by atoms with E-state index in [2.05, 4.69) is 20.4 Å². The van der Waals surface area contributed by atoms with E-state index < -0.39 is 12.2 Å². The van der Waals surface area contributed by atoms with Gasteiger partial charge in [0.05, 0.1) is 16.9 Å². The van der Waals surface area contributed by atoms with Crippen LogP contribution in [-0.4, -0.2) is 19.7 Å². The number of nitrogens with one attached hydrogen (secondary N) is 1. The molecule has 7 heteroatoms. The van der Waals surface area contributed by atoms with Gasteiger partial charge in [-0.25, -0.2) is 23.4 Å². The van der Waals surface area contributed by atoms with Gasteiger partial charge < -0.3 is 5.32 Å². The van der Waals surface area contributed by atoms with Crippen LogP contribution < -0.4 is 5.32 Å². The van der Waals surface area contributed by atoms with E-state index in [4.69, 9.17) is 0 Å². The maximum atomic E-state index is 13.2. The summed E-state index contributed by atoms with van der Waals surface area (Å²) in [5.74, 6) is -0.0884. The third kappa shape index (κ3) is 3.48. The normalized spacial score (nSPS) is 11.3. The Kier molecular flexibility index (Phi) is 4.50. The van der Waals surface area contributed by atoms with E-state index in [1.165, 1.54) is 0 Å². The molecule has 2 aromatic carbocycles. The van der Waals surface area contributed by atoms with Crippen molar-refractivity contribution in [1.82, 2.24) is 19.7 Å². The molecule has 4 aromatic rings. The molecule has 2 heterocycles. The van der Waals surface area contributed by atoms with Gasteiger partial charge in [-0.15, -0.1) is 0 Å². The molecule has 0 saturated heterocycles. The number of nitrogens with zero attached hydrogens (tertiary/aromatic N) is 4. The molecule has 0 radical (unpaired) electrons. The van der Waals surface area contributed by atoms with Crippen molar-refractivity contribution in [3.8, 4) is 5.69 Å². The number of alkyl halides is 2. The lowest BCUT2D eigenvalue weighted by atomic mass is 10.1. The highest BCUT2D eigenvalue weighted by Gasteiger charge is 2.15. The second kappa shape index (κ2) is 7.11. The van der Waals surface area contributed by atoms with Crippen LogP contribution in [-0.2, 0) is 6.54 Å². The van der Waals surface area contributed by atoms with Crippen LogP contribution in [0.5, 0.6) is 0 Å². The van der Waals surface area contributed by atoms with Gasteiger partial charge in [0, 0.05) is 18.1 Å². The van der Waals surface area contributed by atoms with Gasteiger partial charge in [0.25, 0.3) is 6.43 Å². The number of anilines is 1. The molecule has 2 aromatic heterocycles. The first-order valence-corrected chi connectivity index (χ1v) is 8.51. The molecule has 0 unspecified atom stereocenters. The van der Waals surface area contributed by atoms with Crippen LogP contribution in [0.1, 0.15) is 23.5 Å². The molecule has 0 bridgehead atoms. The molecule has 0 amide bonds. The standard InChI is InChI=1S/C20H17F2N5/c1-13-10-11-27(26-13)17-9-5-2-6-14(17)12-23-19-15-7-3-4-8-16(15)24-20(25-19)18(21)22/h2-11,18H,12H2,1H3,(H,23,24,25). The van der Waals surface area contributed by atoms with Crippen LogP contribution in [0.2, 0.25) is 0 Å². The summed E-state index contributed by atoms with van der Waals surface area (Å²) in [6.45, 7) is 2.34. The van der Waals surface area contributed by atoms with Crippen LogP contribution in [0.25, 0.3) is 16.6 Å². The molecule has 27 heavy (non-hydrogen) atoms. The smallest absolute Gasteiger partial charge is 0.297 e. The molecular formula is C20H17F2N5. The summed E-state index contributed by atoms with van der Waals surface area (Å²) < 4.78 is 28.1. The van der Waals surface area contributed by atoms with E-state index in [-0.39, 0.29) is 0 Å². The lowest BCUT2D eigenvalue weighted by molar-refractivity contribution is 0.141. The topological polar surface area (TPSA) is 55.6 Å². The number of fused-ring (bicyclic) bond motifs is 1. The van der Waals surface area contributed by atoms with Crippen molar-refractivity contribution >= 4 is 16.7 Å². The lowest BCUT2D eigenvalue weighted by Crippen LogP contribution is -2.09. The van der Waals surface area contributed by atoms with Gasteiger partial charge in [-0.1, -0.05) is 30.3 Å². The molecular weight excluding hydrogens is 348 g/mol. The van der Waals surface area contributed by atoms with Gasteiger partial charge >= 0.3 is 0 Å². The van der Waals surface area contributed by atoms with Crippen molar-refractivity contribution in [3.05, 3.63) is 77.9 Å². The predicted molar refractivity (Wildman–Crippen MR) is 100 cm³/mol. The number of aryl methyl sites for hydroxylation is 1. The van der Waals surface area contributed by atoms with Gasteiger partial charge in [0.15, 0.2) is 5.82 Å². The Morgan fingerprint density at radius 1 is 1.00 bits per heavy atom. The molecule has 0 aliphatic rings. The Morgan fingerprint density at radius 2 is 1.78 bits per heavy atom. The number of benzene rings is 2. The molecule has 0 saturated carbocycles. The van der Waals surface area contributed by atoms with E-state index >= 15 is 0 Å². The number of hydrogen-bond donors (Lipinski definition) is 1. The average Bonchev–Trinajstić information content (AvgIpc) is 3.12. The SMILES string of the molecule is Cc1ccn(-c2ccccc2CNc2nc(C(F)F)nc3ccccc23)n1. The summed E-state index contributed by atoms with van der Waals surface area (Å²) in [6, 6.07) is 16.8. The third-order valence-corrected chi connectivity index (χ3v) is 4.22. The van der Waals surface area contributed by atoms with Gasteiger partial charge in [-0.3, -0.25) is 0 Å². The first-order chi connectivity index (χ1) is 13.1. The summed E-state index contributed by atoms with van der Waals surface area (Å²) in [5.41, 5.74) is 3.30. The summed E-state index contributed by atoms with van der Waals surface area (Å²) >= 11 is 0. The summed E-state index contributed by atoms with van der Waals surface area (Å²) in [6.07, 6.45) is -0.835. The fraction of sp³-hybridized carbons (Fsp3) is 0.150. The van der Waals surface area contributed by atoms with E-state index in [1.807, 2.05) is 55.6 Å². The Bertz CT molecular complexity index is 1090. The van der Waals surface area contributed by atoms with Crippen LogP contribution >= 0.6 is 0 Å². The third-order valence-electron chi connectivity index (χ3n) is 4.22. The van der Waals surface area contributed by atoms with E-state index in [0.717, 1.165) is 16.9 Å². The minimum absolute atomic E-state index is 0.391. The highest BCUT2D eigenvalue weighted by molar-refractivity contribution is 5.89. The highest BCUT2D eigenvalue weighted by Crippen LogP contribution is 2.25. The van der Waals surface area contributed by atoms with Gasteiger partial charge in [-0.2, -0.15) is 5.10 Å². The fourth-order valence-corrected chi connectivity index (χ4v) is 2.94. The zero-order valence-electron chi connectivity index (χ0n) is 14.6. The zero-order chi connectivity index (χ0) is 18.8. The second-order valence-corrected chi connectivity index (χ2v) is 6.13. The first-order valence-electron chi connectivity index (χ1n) is 8.51. The molecule has 0 spiro atoms. The molecule has 0 atom stereocenters. The quantitative estimate of drug-likeness (QED) is 0.558. The van der Waals surface area contributed by atoms with Crippen LogP contribution in [0.3, 0.4) is 0 Å². The molecule has 0 fully saturated rings. The van der Waals surface area contributed by atoms with Crippen molar-refractivity contribution < 1.29 is 8.78 Å². The molecule has 5 nitrogen and oxygen atoms in total. The second-order valence-electron chi connectivity index (χ2n) is 6.13. The number of aromatic nitrogens is 4. The number of para-hydroxylation sites is 2. The minimum Gasteiger partial charge on any atom is -0.365 e. The van der Waals surface area contributed by atoms with Crippen LogP contribution in [0.4, 0.5) is 14.6 Å². The Labute approximate surface area is 154 Å². The molecule has 136 valence electrons. The van der Waals surface area contributed by atoms with Crippen molar-refractivity contribution in [3.63, 3.8) is 0 Å². The molecule has 4 rings (SSSR count). The number of halogens is 2. The Hall–Kier alpha value is -3.35. The summed E-state index contributed by atoms with van der Waals surface area (Å²) in [4.78, 5) is 7.97. The lowest BCUT2D eigenvalue weighted by Gasteiger charge is -2.13. The Balaban J connectivity index is 1.69. The number of rotatable bonds is 5. The van der Waals surface area contributed by atoms with E-state index in [9.17, 15) is 8.78 Å². The zero-order valence-corrected chi connectivity index (χ0v) is 14.6. The maximum Gasteiger partial charge on any atom is 0.297 e. The van der Waals surface area contributed by atoms with Crippen LogP contribution in [0, 0.1) is 6.92 Å². The molecule has 0 aliphatic heterocycles. The number of hydrogen-bond acceptors (Lipinski definition) is 4. The summed E-state index contributed by atoms with van der Waals surface area (Å²) in [7, 11) is 0. The van der Waals surface area contributed by atoms with E-state index in [1.54, 1.807) is 16.8 Å². The monoisotopic (exact) mass is 365 g/mol. The first kappa shape index (κ1) is 17.1. The van der Waals surface area contributed by atoms with Gasteiger partial charge in [-0.05, 0) is 36.8 Å². The summed E-state index contributed by atoms with van der Waals surface area (Å²) in [5, 5.41) is 8.34. The van der Waals surface area contributed by atoms with Crippen molar-refractivity contribution in [2.75, 3.05) is 5.32 Å². The van der Waals surface area contributed by atoms with Crippen molar-refractivity contribution in [2.45, 2.75) is 19.9 Å². The maximum absolute atomic E-state index is 13.2. The fourth-order valence-electron chi connectivity index (χ4n) is 2.94. The van der Waals surface area contributed by atoms with Crippen molar-refractivity contribution in [1.29, 1.82) is 0 Å². The molecule has 1 N–H and O–H groups in total. The molecule has 0 aliphatic carbocycles. The Morgan fingerprint density at radius 3 is 2.56 bits per heavy atom. The van der Waals surface area contributed by atoms with Gasteiger partial charge in [0.2, 0.25) is 0 Å². The van der Waals surface area contributed by atoms with E-state index in [0.29, 0.717) is 23.3 Å². The largest absolute Gasteiger partial charge is 0.365 e. The predicted octanol–water partition coefficient (Wildman–Crippen LogP) is 4.67. The van der Waals surface area contributed by atoms with Gasteiger partial charge in [0.1, 0.15) is 5.82 Å². The minimum atomic E-state index is -2.73. The average molecular weight is 365 g/mol. The highest BCUT2D eigenvalue weighted by atomic mass is 19.3. The van der Waals surface area contributed by atoms with Crippen LogP contribution in [0.15, 0.2) is 60.8 Å². The van der Waals surface area contributed by atoms with Crippen molar-refractivity contribution in [2.24, 2.45) is 0 Å².